The van der Waals surface area contributed by atoms with Gasteiger partial charge in [0.25, 0.3) is 0 Å². The Morgan fingerprint density at radius 3 is 1.04 bits per heavy atom. The third-order valence-corrected chi connectivity index (χ3v) is 5.93. The molecule has 0 aromatic carbocycles. The largest absolute Gasteiger partial charge is 0.633 e. The highest BCUT2D eigenvalue weighted by Gasteiger charge is 2.14. The second kappa shape index (κ2) is 21.5. The molecule has 0 aromatic heterocycles. The number of quaternary nitrogens is 1. The lowest BCUT2D eigenvalue weighted by Crippen LogP contribution is -2.47. The first kappa shape index (κ1) is 27.8. The second-order valence-electron chi connectivity index (χ2n) is 8.69. The van der Waals surface area contributed by atoms with Crippen LogP contribution in [-0.4, -0.2) is 47.7 Å². The van der Waals surface area contributed by atoms with Gasteiger partial charge in [-0.2, -0.15) is 0 Å². The molecular formula is C24H51NO3. The smallest absolute Gasteiger partial charge is 0.102 e. The van der Waals surface area contributed by atoms with Crippen LogP contribution >= 0.6 is 0 Å². The third-order valence-electron chi connectivity index (χ3n) is 5.93. The van der Waals surface area contributed by atoms with E-state index in [-0.39, 0.29) is 26.3 Å². The molecule has 0 unspecified atom stereocenters. The Balaban J connectivity index is 3.23. The van der Waals surface area contributed by atoms with E-state index in [1.807, 2.05) is 0 Å². The van der Waals surface area contributed by atoms with Crippen LogP contribution in [0.4, 0.5) is 0 Å². The molecule has 0 radical (unpaired) electrons. The monoisotopic (exact) mass is 401 g/mol. The SMILES string of the molecule is CCCCCCCCCCCCCCCCCCCC[N+]([O-])(CCO)CCO. The molecule has 0 saturated heterocycles. The topological polar surface area (TPSA) is 63.5 Å². The van der Waals surface area contributed by atoms with Crippen molar-refractivity contribution in [3.8, 4) is 0 Å². The Bertz CT molecular complexity index is 294. The zero-order chi connectivity index (χ0) is 20.8. The van der Waals surface area contributed by atoms with Crippen molar-refractivity contribution in [3.63, 3.8) is 0 Å². The molecule has 0 aliphatic carbocycles. The number of hydroxylamine groups is 3. The van der Waals surface area contributed by atoms with E-state index in [1.165, 1.54) is 103 Å². The number of rotatable bonds is 23. The van der Waals surface area contributed by atoms with Crippen LogP contribution in [0, 0.1) is 5.21 Å². The van der Waals surface area contributed by atoms with Crippen molar-refractivity contribution in [2.45, 2.75) is 122 Å². The van der Waals surface area contributed by atoms with Gasteiger partial charge in [-0.3, -0.25) is 0 Å². The normalized spacial score (nSPS) is 12.0. The molecule has 0 bridgehead atoms. The van der Waals surface area contributed by atoms with E-state index in [2.05, 4.69) is 6.92 Å². The minimum atomic E-state index is -0.439. The van der Waals surface area contributed by atoms with Crippen LogP contribution in [0.1, 0.15) is 122 Å². The van der Waals surface area contributed by atoms with E-state index in [4.69, 9.17) is 10.2 Å². The lowest BCUT2D eigenvalue weighted by atomic mass is 10.0. The van der Waals surface area contributed by atoms with Crippen molar-refractivity contribution >= 4 is 0 Å². The Morgan fingerprint density at radius 1 is 0.464 bits per heavy atom. The maximum atomic E-state index is 12.3. The Hall–Kier alpha value is -0.160. The van der Waals surface area contributed by atoms with Crippen LogP contribution < -0.4 is 0 Å². The predicted molar refractivity (Wildman–Crippen MR) is 121 cm³/mol. The van der Waals surface area contributed by atoms with Crippen LogP contribution in [0.3, 0.4) is 0 Å². The standard InChI is InChI=1S/C24H51NO3/c1-2-3-4-5-6-7-8-9-10-11-12-13-14-15-16-17-18-19-20-25(28,21-23-26)22-24-27/h26-27H,2-24H2,1H3. The molecule has 0 fully saturated rings. The Morgan fingerprint density at radius 2 is 0.750 bits per heavy atom. The highest BCUT2D eigenvalue weighted by molar-refractivity contribution is 4.51. The molecule has 0 spiro atoms. The van der Waals surface area contributed by atoms with Crippen LogP contribution in [-0.2, 0) is 0 Å². The summed E-state index contributed by atoms with van der Waals surface area (Å²) in [5.74, 6) is 0. The van der Waals surface area contributed by atoms with Gasteiger partial charge in [0.15, 0.2) is 0 Å². The molecule has 0 aromatic rings. The van der Waals surface area contributed by atoms with Crippen molar-refractivity contribution in [1.29, 1.82) is 0 Å². The van der Waals surface area contributed by atoms with Crippen LogP contribution in [0.15, 0.2) is 0 Å². The van der Waals surface area contributed by atoms with Gasteiger partial charge in [-0.25, -0.2) is 0 Å². The summed E-state index contributed by atoms with van der Waals surface area (Å²) in [4.78, 5) is 0. The summed E-state index contributed by atoms with van der Waals surface area (Å²) in [6.07, 6.45) is 24.1. The quantitative estimate of drug-likeness (QED) is 0.119. The molecular weight excluding hydrogens is 350 g/mol. The molecule has 0 heterocycles. The number of hydrogen-bond acceptors (Lipinski definition) is 3. The molecule has 2 N–H and O–H groups in total. The van der Waals surface area contributed by atoms with E-state index < -0.39 is 4.65 Å². The van der Waals surface area contributed by atoms with Crippen LogP contribution in [0.5, 0.6) is 0 Å². The molecule has 0 aliphatic rings. The summed E-state index contributed by atoms with van der Waals surface area (Å²) in [7, 11) is 0. The first-order valence-corrected chi connectivity index (χ1v) is 12.5. The molecule has 0 amide bonds. The molecule has 0 saturated carbocycles. The maximum Gasteiger partial charge on any atom is 0.102 e. The summed E-state index contributed by atoms with van der Waals surface area (Å²) >= 11 is 0. The van der Waals surface area contributed by atoms with Crippen LogP contribution in [0.2, 0.25) is 0 Å². The zero-order valence-corrected chi connectivity index (χ0v) is 19.0. The van der Waals surface area contributed by atoms with Gasteiger partial charge in [-0.05, 0) is 12.8 Å². The van der Waals surface area contributed by atoms with Gasteiger partial charge in [0, 0.05) is 0 Å². The molecule has 0 rings (SSSR count). The average Bonchev–Trinajstić information content (AvgIpc) is 2.67. The number of aliphatic hydroxyl groups is 2. The highest BCUT2D eigenvalue weighted by Crippen LogP contribution is 2.15. The van der Waals surface area contributed by atoms with Gasteiger partial charge in [0.05, 0.1) is 19.8 Å². The van der Waals surface area contributed by atoms with Gasteiger partial charge in [-0.15, -0.1) is 0 Å². The second-order valence-corrected chi connectivity index (χ2v) is 8.69. The van der Waals surface area contributed by atoms with Crippen molar-refractivity contribution in [1.82, 2.24) is 0 Å². The molecule has 170 valence electrons. The van der Waals surface area contributed by atoms with E-state index in [9.17, 15) is 5.21 Å². The van der Waals surface area contributed by atoms with Gasteiger partial charge in [0.2, 0.25) is 0 Å². The minimum Gasteiger partial charge on any atom is -0.633 e. The van der Waals surface area contributed by atoms with Crippen molar-refractivity contribution in [3.05, 3.63) is 5.21 Å². The van der Waals surface area contributed by atoms with E-state index in [0.29, 0.717) is 6.54 Å². The number of unbranched alkanes of at least 4 members (excludes halogenated alkanes) is 17. The van der Waals surface area contributed by atoms with Gasteiger partial charge in [0.1, 0.15) is 13.1 Å². The van der Waals surface area contributed by atoms with E-state index >= 15 is 0 Å². The van der Waals surface area contributed by atoms with Gasteiger partial charge >= 0.3 is 0 Å². The summed E-state index contributed by atoms with van der Waals surface area (Å²) in [5.41, 5.74) is 0. The summed E-state index contributed by atoms with van der Waals surface area (Å²) < 4.78 is -0.439. The van der Waals surface area contributed by atoms with Gasteiger partial charge in [-0.1, -0.05) is 110 Å². The first-order valence-electron chi connectivity index (χ1n) is 12.5. The molecule has 28 heavy (non-hydrogen) atoms. The van der Waals surface area contributed by atoms with Gasteiger partial charge < -0.3 is 20.1 Å². The molecule has 4 heteroatoms. The average molecular weight is 402 g/mol. The summed E-state index contributed by atoms with van der Waals surface area (Å²) in [6.45, 7) is 3.03. The van der Waals surface area contributed by atoms with Crippen molar-refractivity contribution in [2.24, 2.45) is 0 Å². The lowest BCUT2D eigenvalue weighted by molar-refractivity contribution is -0.881. The van der Waals surface area contributed by atoms with Crippen molar-refractivity contribution < 1.29 is 14.9 Å². The molecule has 0 atom stereocenters. The molecule has 0 aliphatic heterocycles. The predicted octanol–water partition coefficient (Wildman–Crippen LogP) is 6.33. The molecule has 4 nitrogen and oxygen atoms in total. The number of hydrogen-bond donors (Lipinski definition) is 2. The van der Waals surface area contributed by atoms with E-state index in [0.717, 1.165) is 12.8 Å². The summed E-state index contributed by atoms with van der Waals surface area (Å²) in [6, 6.07) is 0. The minimum absolute atomic E-state index is 0.0947. The Labute approximate surface area is 175 Å². The lowest BCUT2D eigenvalue weighted by Gasteiger charge is -2.42. The fourth-order valence-electron chi connectivity index (χ4n) is 4.00. The highest BCUT2D eigenvalue weighted by atomic mass is 16.5. The van der Waals surface area contributed by atoms with E-state index in [1.54, 1.807) is 0 Å². The fourth-order valence-corrected chi connectivity index (χ4v) is 4.00. The Kier molecular flexibility index (Phi) is 21.4. The first-order chi connectivity index (χ1) is 13.7. The summed E-state index contributed by atoms with van der Waals surface area (Å²) in [5, 5.41) is 30.3. The van der Waals surface area contributed by atoms with Crippen LogP contribution in [0.25, 0.3) is 0 Å². The zero-order valence-electron chi connectivity index (χ0n) is 19.0. The third kappa shape index (κ3) is 19.2. The number of nitrogens with zero attached hydrogens (tertiary/aromatic N) is 1. The maximum absolute atomic E-state index is 12.3. The van der Waals surface area contributed by atoms with Crippen molar-refractivity contribution in [2.75, 3.05) is 32.8 Å². The number of aliphatic hydroxyl groups excluding tert-OH is 2. The fraction of sp³-hybridized carbons (Fsp3) is 1.00.